The molecule has 0 radical (unpaired) electrons. The predicted octanol–water partition coefficient (Wildman–Crippen LogP) is 4.40. The van der Waals surface area contributed by atoms with E-state index in [1.165, 1.54) is 0 Å². The Bertz CT molecular complexity index is 680. The van der Waals surface area contributed by atoms with Crippen molar-refractivity contribution >= 4 is 50.3 Å². The van der Waals surface area contributed by atoms with E-state index in [-0.39, 0.29) is 12.4 Å². The minimum Gasteiger partial charge on any atom is -0.454 e. The molecule has 0 amide bonds. The van der Waals surface area contributed by atoms with Gasteiger partial charge in [0.2, 0.25) is 0 Å². The number of benzene rings is 2. The van der Waals surface area contributed by atoms with Crippen LogP contribution in [0.15, 0.2) is 46.9 Å². The quantitative estimate of drug-likeness (QED) is 0.387. The van der Waals surface area contributed by atoms with Crippen molar-refractivity contribution in [2.24, 2.45) is 0 Å². The fraction of sp³-hybridized carbons (Fsp3) is 0.125. The first-order valence-corrected chi connectivity index (χ1v) is 8.06. The van der Waals surface area contributed by atoms with E-state index in [0.29, 0.717) is 11.1 Å². The van der Waals surface area contributed by atoms with Gasteiger partial charge in [0.25, 0.3) is 0 Å². The number of Topliss-reactive ketones (excluding diaryl/α,β-unsaturated/α-hetero) is 1. The van der Waals surface area contributed by atoms with Crippen molar-refractivity contribution in [3.8, 4) is 0 Å². The Kier molecular flexibility index (Phi) is 5.52. The van der Waals surface area contributed by atoms with Crippen molar-refractivity contribution < 1.29 is 14.3 Å². The summed E-state index contributed by atoms with van der Waals surface area (Å²) in [4.78, 5) is 24.0. The van der Waals surface area contributed by atoms with Gasteiger partial charge < -0.3 is 4.74 Å². The molecule has 0 N–H and O–H groups in total. The zero-order valence-electron chi connectivity index (χ0n) is 11.2. The van der Waals surface area contributed by atoms with Gasteiger partial charge in [-0.25, -0.2) is 4.79 Å². The van der Waals surface area contributed by atoms with E-state index >= 15 is 0 Å². The molecule has 0 atom stereocenters. The van der Waals surface area contributed by atoms with Crippen LogP contribution in [0.25, 0.3) is 0 Å². The van der Waals surface area contributed by atoms with Gasteiger partial charge in [0.1, 0.15) is 0 Å². The van der Waals surface area contributed by atoms with Crippen LogP contribution in [0.4, 0.5) is 0 Å². The average molecular weight is 459 g/mol. The van der Waals surface area contributed by atoms with Crippen molar-refractivity contribution in [2.75, 3.05) is 6.61 Å². The van der Waals surface area contributed by atoms with Gasteiger partial charge >= 0.3 is 5.97 Å². The van der Waals surface area contributed by atoms with Gasteiger partial charge in [-0.1, -0.05) is 39.7 Å². The summed E-state index contributed by atoms with van der Waals surface area (Å²) in [6, 6.07) is 12.5. The normalized spacial score (nSPS) is 10.2. The summed E-state index contributed by atoms with van der Waals surface area (Å²) >= 11 is 5.38. The second-order valence-corrected chi connectivity index (χ2v) is 6.57. The number of aryl methyl sites for hydroxylation is 1. The Hall–Kier alpha value is -1.21. The second-order valence-electron chi connectivity index (χ2n) is 4.49. The first-order chi connectivity index (χ1) is 9.97. The highest BCUT2D eigenvalue weighted by Gasteiger charge is 2.14. The third kappa shape index (κ3) is 4.38. The van der Waals surface area contributed by atoms with Crippen LogP contribution in [0.2, 0.25) is 0 Å². The predicted molar refractivity (Wildman–Crippen MR) is 92.7 cm³/mol. The molecular formula is C16H12BrIO3. The topological polar surface area (TPSA) is 43.4 Å². The van der Waals surface area contributed by atoms with Crippen LogP contribution < -0.4 is 0 Å². The number of ether oxygens (including phenoxy) is 1. The molecule has 108 valence electrons. The average Bonchev–Trinajstić information content (AvgIpc) is 2.47. The maximum absolute atomic E-state index is 12.0. The lowest BCUT2D eigenvalue weighted by atomic mass is 10.1. The van der Waals surface area contributed by atoms with Crippen LogP contribution in [0, 0.1) is 10.5 Å². The molecule has 0 saturated heterocycles. The minimum atomic E-state index is -0.478. The summed E-state index contributed by atoms with van der Waals surface area (Å²) in [6.45, 7) is 1.64. The van der Waals surface area contributed by atoms with Gasteiger partial charge in [0, 0.05) is 13.6 Å². The molecular weight excluding hydrogens is 447 g/mol. The Labute approximate surface area is 145 Å². The molecule has 2 aromatic carbocycles. The van der Waals surface area contributed by atoms with Crippen molar-refractivity contribution in [1.82, 2.24) is 0 Å². The maximum Gasteiger partial charge on any atom is 0.339 e. The summed E-state index contributed by atoms with van der Waals surface area (Å²) in [6.07, 6.45) is 0. The van der Waals surface area contributed by atoms with Crippen LogP contribution >= 0.6 is 38.5 Å². The van der Waals surface area contributed by atoms with Crippen LogP contribution in [-0.4, -0.2) is 18.4 Å². The van der Waals surface area contributed by atoms with Crippen molar-refractivity contribution in [3.63, 3.8) is 0 Å². The fourth-order valence-electron chi connectivity index (χ4n) is 1.72. The zero-order valence-corrected chi connectivity index (χ0v) is 15.0. The van der Waals surface area contributed by atoms with Crippen LogP contribution in [0.3, 0.4) is 0 Å². The summed E-state index contributed by atoms with van der Waals surface area (Å²) in [5.41, 5.74) is 1.98. The maximum atomic E-state index is 12.0. The number of halogens is 2. The molecule has 5 heteroatoms. The summed E-state index contributed by atoms with van der Waals surface area (Å²) in [5, 5.41) is 0. The zero-order chi connectivity index (χ0) is 15.4. The number of rotatable bonds is 4. The Morgan fingerprint density at radius 1 is 1.14 bits per heavy atom. The minimum absolute atomic E-state index is 0.224. The van der Waals surface area contributed by atoms with Gasteiger partial charge in [0.05, 0.1) is 5.56 Å². The molecule has 0 aliphatic heterocycles. The van der Waals surface area contributed by atoms with E-state index in [0.717, 1.165) is 13.6 Å². The van der Waals surface area contributed by atoms with Crippen molar-refractivity contribution in [1.29, 1.82) is 0 Å². The summed E-state index contributed by atoms with van der Waals surface area (Å²) < 4.78 is 6.80. The van der Waals surface area contributed by atoms with Gasteiger partial charge in [-0.3, -0.25) is 4.79 Å². The first kappa shape index (κ1) is 16.2. The second kappa shape index (κ2) is 7.17. The molecule has 0 aliphatic rings. The largest absolute Gasteiger partial charge is 0.454 e. The lowest BCUT2D eigenvalue weighted by Crippen LogP contribution is -2.15. The van der Waals surface area contributed by atoms with E-state index < -0.39 is 5.97 Å². The highest BCUT2D eigenvalue weighted by atomic mass is 127. The molecule has 0 heterocycles. The van der Waals surface area contributed by atoms with E-state index in [4.69, 9.17) is 4.74 Å². The third-order valence-corrected chi connectivity index (χ3v) is 4.31. The summed E-state index contributed by atoms with van der Waals surface area (Å²) in [5.74, 6) is -0.702. The highest BCUT2D eigenvalue weighted by Crippen LogP contribution is 2.16. The van der Waals surface area contributed by atoms with Crippen LogP contribution in [0.5, 0.6) is 0 Å². The smallest absolute Gasteiger partial charge is 0.339 e. The van der Waals surface area contributed by atoms with Gasteiger partial charge in [-0.15, -0.1) is 0 Å². The lowest BCUT2D eigenvalue weighted by molar-refractivity contribution is 0.0473. The highest BCUT2D eigenvalue weighted by molar-refractivity contribution is 14.1. The van der Waals surface area contributed by atoms with Crippen molar-refractivity contribution in [2.45, 2.75) is 6.92 Å². The van der Waals surface area contributed by atoms with E-state index in [9.17, 15) is 9.59 Å². The standard InChI is InChI=1S/C16H12BrIO3/c1-10-2-7-14(18)13(8-10)16(20)21-9-15(19)11-3-5-12(17)6-4-11/h2-8H,9H2,1H3. The molecule has 0 fully saturated rings. The van der Waals surface area contributed by atoms with E-state index in [1.807, 2.05) is 19.1 Å². The molecule has 0 bridgehead atoms. The molecule has 2 rings (SSSR count). The van der Waals surface area contributed by atoms with Gasteiger partial charge in [0.15, 0.2) is 12.4 Å². The Morgan fingerprint density at radius 2 is 1.81 bits per heavy atom. The van der Waals surface area contributed by atoms with E-state index in [2.05, 4.69) is 38.5 Å². The number of carbonyl (C=O) groups excluding carboxylic acids is 2. The van der Waals surface area contributed by atoms with Gasteiger partial charge in [-0.05, 0) is 53.8 Å². The number of carbonyl (C=O) groups is 2. The number of hydrogen-bond donors (Lipinski definition) is 0. The molecule has 0 aliphatic carbocycles. The monoisotopic (exact) mass is 458 g/mol. The molecule has 3 nitrogen and oxygen atoms in total. The summed E-state index contributed by atoms with van der Waals surface area (Å²) in [7, 11) is 0. The lowest BCUT2D eigenvalue weighted by Gasteiger charge is -2.07. The van der Waals surface area contributed by atoms with E-state index in [1.54, 1.807) is 30.3 Å². The fourth-order valence-corrected chi connectivity index (χ4v) is 2.54. The van der Waals surface area contributed by atoms with Crippen LogP contribution in [0.1, 0.15) is 26.3 Å². The molecule has 2 aromatic rings. The molecule has 0 aromatic heterocycles. The first-order valence-electron chi connectivity index (χ1n) is 6.19. The number of ketones is 1. The number of hydrogen-bond acceptors (Lipinski definition) is 3. The van der Waals surface area contributed by atoms with Gasteiger partial charge in [-0.2, -0.15) is 0 Å². The molecule has 0 spiro atoms. The molecule has 0 unspecified atom stereocenters. The Balaban J connectivity index is 2.02. The van der Waals surface area contributed by atoms with Crippen LogP contribution in [-0.2, 0) is 4.74 Å². The van der Waals surface area contributed by atoms with Crippen molar-refractivity contribution in [3.05, 3.63) is 67.2 Å². The third-order valence-electron chi connectivity index (χ3n) is 2.84. The Morgan fingerprint density at radius 3 is 2.48 bits per heavy atom. The SMILES string of the molecule is Cc1ccc(I)c(C(=O)OCC(=O)c2ccc(Br)cc2)c1. The molecule has 0 saturated carbocycles. The molecule has 21 heavy (non-hydrogen) atoms. The number of esters is 1.